The van der Waals surface area contributed by atoms with E-state index in [9.17, 15) is 9.59 Å². The van der Waals surface area contributed by atoms with Gasteiger partial charge >= 0.3 is 5.97 Å². The molecule has 1 aromatic heterocycles. The topological polar surface area (TPSA) is 93.0 Å². The van der Waals surface area contributed by atoms with E-state index in [0.717, 1.165) is 35.5 Å². The second-order valence-electron chi connectivity index (χ2n) is 10.2. The van der Waals surface area contributed by atoms with Crippen molar-refractivity contribution in [3.05, 3.63) is 71.0 Å². The number of esters is 1. The summed E-state index contributed by atoms with van der Waals surface area (Å²) in [5, 5.41) is 8.19. The Morgan fingerprint density at radius 1 is 0.974 bits per heavy atom. The summed E-state index contributed by atoms with van der Waals surface area (Å²) in [6.45, 7) is 8.37. The maximum absolute atomic E-state index is 14.0. The monoisotopic (exact) mass is 532 g/mol. The molecule has 0 spiro atoms. The number of hydrogen-bond acceptors (Lipinski definition) is 8. The number of ether oxygens (including phenoxy) is 2. The lowest BCUT2D eigenvalue weighted by Crippen LogP contribution is -2.53. The summed E-state index contributed by atoms with van der Waals surface area (Å²) in [5.74, 6) is 0.475. The van der Waals surface area contributed by atoms with Gasteiger partial charge in [0.05, 0.1) is 32.5 Å². The Balaban J connectivity index is 1.35. The minimum Gasteiger partial charge on any atom is -0.496 e. The molecule has 3 heterocycles. The quantitative estimate of drug-likeness (QED) is 0.429. The number of carbonyl (C=O) groups is 2. The molecule has 2 aliphatic heterocycles. The molecule has 0 saturated carbocycles. The van der Waals surface area contributed by atoms with Gasteiger partial charge in [0.15, 0.2) is 5.69 Å². The van der Waals surface area contributed by atoms with E-state index in [1.165, 1.54) is 12.8 Å². The molecule has 0 N–H and O–H groups in total. The first-order valence-electron chi connectivity index (χ1n) is 13.4. The number of nitrogens with zero attached hydrogens (tertiary/aromatic N) is 6. The van der Waals surface area contributed by atoms with E-state index in [0.29, 0.717) is 32.6 Å². The smallest absolute Gasteiger partial charge is 0.360 e. The van der Waals surface area contributed by atoms with Crippen molar-refractivity contribution < 1.29 is 19.1 Å². The minimum absolute atomic E-state index is 0.0879. The van der Waals surface area contributed by atoms with Gasteiger partial charge in [0.25, 0.3) is 0 Å². The van der Waals surface area contributed by atoms with E-state index in [2.05, 4.69) is 52.2 Å². The molecule has 39 heavy (non-hydrogen) atoms. The molecule has 1 amide bonds. The Bertz CT molecular complexity index is 1320. The molecular weight excluding hydrogens is 496 g/mol. The summed E-state index contributed by atoms with van der Waals surface area (Å²) in [6.07, 6.45) is 2.21. The molecule has 5 rings (SSSR count). The Morgan fingerprint density at radius 3 is 2.41 bits per heavy atom. The summed E-state index contributed by atoms with van der Waals surface area (Å²) in [6, 6.07) is 14.0. The van der Waals surface area contributed by atoms with Crippen LogP contribution in [-0.2, 0) is 16.1 Å². The molecule has 2 atom stereocenters. The van der Waals surface area contributed by atoms with E-state index in [1.54, 1.807) is 18.0 Å². The maximum atomic E-state index is 14.0. The summed E-state index contributed by atoms with van der Waals surface area (Å²) in [5.41, 5.74) is 4.77. The van der Waals surface area contributed by atoms with Gasteiger partial charge in [0.1, 0.15) is 5.75 Å². The lowest BCUT2D eigenvalue weighted by molar-refractivity contribution is -0.136. The largest absolute Gasteiger partial charge is 0.496 e. The number of carbonyl (C=O) groups excluding carboxylic acids is 2. The highest BCUT2D eigenvalue weighted by Gasteiger charge is 2.41. The normalized spacial score (nSPS) is 19.8. The van der Waals surface area contributed by atoms with Crippen LogP contribution in [0.5, 0.6) is 5.75 Å². The van der Waals surface area contributed by atoms with Crippen LogP contribution in [0.2, 0.25) is 0 Å². The first kappa shape index (κ1) is 26.7. The predicted molar refractivity (Wildman–Crippen MR) is 147 cm³/mol. The summed E-state index contributed by atoms with van der Waals surface area (Å²) < 4.78 is 12.0. The minimum atomic E-state index is -0.524. The molecule has 0 aliphatic carbocycles. The fourth-order valence-corrected chi connectivity index (χ4v) is 5.65. The van der Waals surface area contributed by atoms with Crippen LogP contribution in [-0.4, -0.2) is 89.7 Å². The number of amides is 1. The number of benzene rings is 2. The lowest BCUT2D eigenvalue weighted by Gasteiger charge is -2.38. The molecule has 2 aromatic carbocycles. The van der Waals surface area contributed by atoms with Crippen LogP contribution >= 0.6 is 0 Å². The molecule has 2 fully saturated rings. The van der Waals surface area contributed by atoms with Crippen LogP contribution in [0.15, 0.2) is 48.7 Å². The molecule has 3 aromatic rings. The van der Waals surface area contributed by atoms with Crippen molar-refractivity contribution in [1.82, 2.24) is 24.8 Å². The second-order valence-corrected chi connectivity index (χ2v) is 10.2. The van der Waals surface area contributed by atoms with Crippen molar-refractivity contribution >= 4 is 17.6 Å². The van der Waals surface area contributed by atoms with Crippen LogP contribution in [0, 0.1) is 13.8 Å². The first-order chi connectivity index (χ1) is 18.9. The van der Waals surface area contributed by atoms with Crippen molar-refractivity contribution in [3.63, 3.8) is 0 Å². The maximum Gasteiger partial charge on any atom is 0.360 e. The molecule has 2 aliphatic rings. The zero-order chi connectivity index (χ0) is 27.5. The van der Waals surface area contributed by atoms with Gasteiger partial charge < -0.3 is 19.3 Å². The summed E-state index contributed by atoms with van der Waals surface area (Å²) >= 11 is 0. The highest BCUT2D eigenvalue weighted by atomic mass is 16.5. The second kappa shape index (κ2) is 11.4. The fourth-order valence-electron chi connectivity index (χ4n) is 5.65. The number of methoxy groups -OCH3 is 2. The van der Waals surface area contributed by atoms with E-state index < -0.39 is 5.97 Å². The van der Waals surface area contributed by atoms with Gasteiger partial charge in [-0.25, -0.2) is 9.48 Å². The molecule has 0 unspecified atom stereocenters. The van der Waals surface area contributed by atoms with Crippen LogP contribution in [0.4, 0.5) is 5.69 Å². The first-order valence-corrected chi connectivity index (χ1v) is 13.4. The van der Waals surface area contributed by atoms with Crippen molar-refractivity contribution in [2.45, 2.75) is 38.9 Å². The number of piperazine rings is 1. The zero-order valence-electron chi connectivity index (χ0n) is 23.0. The van der Waals surface area contributed by atoms with Crippen molar-refractivity contribution in [1.29, 1.82) is 0 Å². The van der Waals surface area contributed by atoms with E-state index in [-0.39, 0.29) is 23.7 Å². The molecule has 0 radical (unpaired) electrons. The standard InChI is InChI=1S/C29H36N6O4/c1-20-21(2)27(38-3)11-10-22(20)17-34-18-24(35-19-25(30-31-35)29(37)39-4)16-26(34)28(36)33-14-12-32(13-15-33)23-8-6-5-7-9-23/h5-11,19,24,26H,12-18H2,1-4H3/t24-,26+/m1/s1. The molecule has 206 valence electrons. The van der Waals surface area contributed by atoms with Gasteiger partial charge in [-0.2, -0.15) is 0 Å². The van der Waals surface area contributed by atoms with Gasteiger partial charge in [0, 0.05) is 45.0 Å². The highest BCUT2D eigenvalue weighted by Crippen LogP contribution is 2.32. The van der Waals surface area contributed by atoms with Crippen molar-refractivity contribution in [2.24, 2.45) is 0 Å². The predicted octanol–water partition coefficient (Wildman–Crippen LogP) is 2.85. The highest BCUT2D eigenvalue weighted by molar-refractivity contribution is 5.86. The number of anilines is 1. The third-order valence-corrected chi connectivity index (χ3v) is 8.10. The van der Waals surface area contributed by atoms with Gasteiger partial charge in [0.2, 0.25) is 5.91 Å². The number of hydrogen-bond donors (Lipinski definition) is 0. The number of para-hydroxylation sites is 1. The third kappa shape index (κ3) is 5.47. The molecule has 2 saturated heterocycles. The van der Waals surface area contributed by atoms with Crippen LogP contribution in [0.3, 0.4) is 0 Å². The van der Waals surface area contributed by atoms with Crippen LogP contribution in [0.1, 0.15) is 39.6 Å². The van der Waals surface area contributed by atoms with Crippen LogP contribution in [0.25, 0.3) is 0 Å². The average Bonchev–Trinajstić information content (AvgIpc) is 3.63. The Labute approximate surface area is 229 Å². The van der Waals surface area contributed by atoms with Crippen LogP contribution < -0.4 is 9.64 Å². The number of likely N-dealkylation sites (tertiary alicyclic amines) is 1. The van der Waals surface area contributed by atoms with Crippen molar-refractivity contribution in [3.8, 4) is 5.75 Å². The summed E-state index contributed by atoms with van der Waals surface area (Å²) in [4.78, 5) is 32.5. The number of aromatic nitrogens is 3. The van der Waals surface area contributed by atoms with E-state index in [1.807, 2.05) is 29.2 Å². The van der Waals surface area contributed by atoms with Gasteiger partial charge in [-0.1, -0.05) is 29.5 Å². The fraction of sp³-hybridized carbons (Fsp3) is 0.448. The number of rotatable bonds is 7. The molecular formula is C29H36N6O4. The Hall–Kier alpha value is -3.92. The Kier molecular flexibility index (Phi) is 7.83. The molecule has 0 bridgehead atoms. The molecule has 10 heteroatoms. The Morgan fingerprint density at radius 2 is 1.72 bits per heavy atom. The zero-order valence-corrected chi connectivity index (χ0v) is 23.0. The van der Waals surface area contributed by atoms with Gasteiger partial charge in [-0.05, 0) is 55.2 Å². The van der Waals surface area contributed by atoms with Gasteiger partial charge in [-0.15, -0.1) is 5.10 Å². The van der Waals surface area contributed by atoms with Crippen molar-refractivity contribution in [2.75, 3.05) is 51.8 Å². The lowest BCUT2D eigenvalue weighted by atomic mass is 10.0. The van der Waals surface area contributed by atoms with E-state index >= 15 is 0 Å². The SMILES string of the molecule is COC(=O)c1cn([C@@H]2C[C@@H](C(=O)N3CCN(c4ccccc4)CC3)N(Cc3ccc(OC)c(C)c3C)C2)nn1. The van der Waals surface area contributed by atoms with E-state index in [4.69, 9.17) is 9.47 Å². The van der Waals surface area contributed by atoms with Gasteiger partial charge in [-0.3, -0.25) is 9.69 Å². The molecule has 10 nitrogen and oxygen atoms in total. The average molecular weight is 533 g/mol. The third-order valence-electron chi connectivity index (χ3n) is 8.10. The summed E-state index contributed by atoms with van der Waals surface area (Å²) in [7, 11) is 3.00.